The molecule has 0 heterocycles. The van der Waals surface area contributed by atoms with Crippen LogP contribution in [0.25, 0.3) is 0 Å². The number of benzene rings is 1. The van der Waals surface area contributed by atoms with Crippen LogP contribution in [0.1, 0.15) is 5.56 Å². The molecule has 0 aromatic heterocycles. The molecule has 1 aromatic carbocycles. The van der Waals surface area contributed by atoms with E-state index in [0.29, 0.717) is 6.54 Å². The average molecular weight is 251 g/mol. The fourth-order valence-corrected chi connectivity index (χ4v) is 1.39. The molecular weight excluding hydrogens is 234 g/mol. The Morgan fingerprint density at radius 2 is 1.83 bits per heavy atom. The Balaban J connectivity index is 2.75. The molecule has 0 bridgehead atoms. The quantitative estimate of drug-likeness (QED) is 0.294. The standard InChI is InChI=1S/C11H17N5O2/c1-15(11(14)16(2)10(12)13)6-7-3-4-8(17)9(18)5-7/h3-5,14,17-18H,6H2,1-2H3,(H3,12,13). The average Bonchev–Trinajstić information content (AvgIpc) is 2.31. The van der Waals surface area contributed by atoms with Crippen molar-refractivity contribution in [3.63, 3.8) is 0 Å². The highest BCUT2D eigenvalue weighted by molar-refractivity contribution is 5.94. The molecule has 0 aliphatic rings. The van der Waals surface area contributed by atoms with Crippen molar-refractivity contribution in [3.8, 4) is 11.5 Å². The largest absolute Gasteiger partial charge is 0.504 e. The number of nitrogens with zero attached hydrogens (tertiary/aromatic N) is 2. The summed E-state index contributed by atoms with van der Waals surface area (Å²) in [4.78, 5) is 2.79. The molecule has 98 valence electrons. The van der Waals surface area contributed by atoms with Crippen molar-refractivity contribution in [2.75, 3.05) is 14.1 Å². The number of hydrogen-bond acceptors (Lipinski definition) is 4. The zero-order chi connectivity index (χ0) is 13.9. The molecule has 1 rings (SSSR count). The van der Waals surface area contributed by atoms with Crippen molar-refractivity contribution in [2.45, 2.75) is 6.54 Å². The molecule has 0 amide bonds. The summed E-state index contributed by atoms with van der Waals surface area (Å²) in [7, 11) is 3.20. The molecule has 7 heteroatoms. The summed E-state index contributed by atoms with van der Waals surface area (Å²) in [5.41, 5.74) is 6.01. The van der Waals surface area contributed by atoms with E-state index in [9.17, 15) is 10.2 Å². The van der Waals surface area contributed by atoms with E-state index in [2.05, 4.69) is 0 Å². The van der Waals surface area contributed by atoms with Crippen LogP contribution in [0.5, 0.6) is 11.5 Å². The van der Waals surface area contributed by atoms with E-state index in [1.165, 1.54) is 24.1 Å². The van der Waals surface area contributed by atoms with Crippen LogP contribution in [0.4, 0.5) is 0 Å². The third-order valence-corrected chi connectivity index (χ3v) is 2.50. The van der Waals surface area contributed by atoms with Gasteiger partial charge in [-0.05, 0) is 17.7 Å². The van der Waals surface area contributed by atoms with Crippen LogP contribution in [0.2, 0.25) is 0 Å². The van der Waals surface area contributed by atoms with Crippen LogP contribution in [0.3, 0.4) is 0 Å². The van der Waals surface area contributed by atoms with Gasteiger partial charge in [0, 0.05) is 20.6 Å². The Kier molecular flexibility index (Phi) is 3.98. The predicted molar refractivity (Wildman–Crippen MR) is 68.6 cm³/mol. The lowest BCUT2D eigenvalue weighted by atomic mass is 10.2. The second-order valence-corrected chi connectivity index (χ2v) is 3.95. The number of phenolic OH excluding ortho intramolecular Hbond substituents is 2. The molecule has 0 saturated carbocycles. The van der Waals surface area contributed by atoms with Gasteiger partial charge in [0.25, 0.3) is 0 Å². The van der Waals surface area contributed by atoms with E-state index >= 15 is 0 Å². The number of phenols is 2. The Labute approximate surface area is 105 Å². The van der Waals surface area contributed by atoms with Gasteiger partial charge in [-0.25, -0.2) is 0 Å². The summed E-state index contributed by atoms with van der Waals surface area (Å²) < 4.78 is 0. The molecule has 0 fully saturated rings. The van der Waals surface area contributed by atoms with E-state index in [0.717, 1.165) is 5.56 Å². The summed E-state index contributed by atoms with van der Waals surface area (Å²) >= 11 is 0. The minimum absolute atomic E-state index is 0.0649. The number of nitrogens with one attached hydrogen (secondary N) is 2. The lowest BCUT2D eigenvalue weighted by molar-refractivity contribution is 0.400. The number of aromatic hydroxyl groups is 2. The molecule has 18 heavy (non-hydrogen) atoms. The van der Waals surface area contributed by atoms with E-state index in [1.54, 1.807) is 18.0 Å². The third kappa shape index (κ3) is 3.03. The fourth-order valence-electron chi connectivity index (χ4n) is 1.39. The van der Waals surface area contributed by atoms with Crippen molar-refractivity contribution < 1.29 is 10.2 Å². The number of rotatable bonds is 2. The summed E-state index contributed by atoms with van der Waals surface area (Å²) in [5.74, 6) is -0.542. The van der Waals surface area contributed by atoms with Gasteiger partial charge in [-0.3, -0.25) is 15.7 Å². The predicted octanol–water partition coefficient (Wildman–Crippen LogP) is 0.290. The van der Waals surface area contributed by atoms with Gasteiger partial charge in [-0.2, -0.15) is 0 Å². The maximum atomic E-state index is 9.36. The molecule has 0 aliphatic carbocycles. The number of hydrogen-bond donors (Lipinski definition) is 5. The Morgan fingerprint density at radius 1 is 1.22 bits per heavy atom. The first-order chi connectivity index (χ1) is 8.32. The second kappa shape index (κ2) is 5.26. The van der Waals surface area contributed by atoms with E-state index in [4.69, 9.17) is 16.6 Å². The van der Waals surface area contributed by atoms with Crippen molar-refractivity contribution in [1.29, 1.82) is 10.8 Å². The Bertz CT molecular complexity index is 475. The topological polar surface area (TPSA) is 121 Å². The molecule has 0 aliphatic heterocycles. The maximum Gasteiger partial charge on any atom is 0.200 e. The highest BCUT2D eigenvalue weighted by Crippen LogP contribution is 2.25. The fraction of sp³-hybridized carbons (Fsp3) is 0.273. The molecule has 6 N–H and O–H groups in total. The van der Waals surface area contributed by atoms with Gasteiger partial charge in [0.2, 0.25) is 0 Å². The van der Waals surface area contributed by atoms with Gasteiger partial charge in [-0.1, -0.05) is 6.07 Å². The first-order valence-electron chi connectivity index (χ1n) is 5.21. The monoisotopic (exact) mass is 251 g/mol. The molecule has 7 nitrogen and oxygen atoms in total. The Morgan fingerprint density at radius 3 is 2.33 bits per heavy atom. The van der Waals surface area contributed by atoms with Gasteiger partial charge in [0.05, 0.1) is 0 Å². The molecule has 1 aromatic rings. The van der Waals surface area contributed by atoms with Crippen molar-refractivity contribution in [3.05, 3.63) is 23.8 Å². The first kappa shape index (κ1) is 13.6. The van der Waals surface area contributed by atoms with Crippen LogP contribution in [-0.2, 0) is 6.54 Å². The zero-order valence-corrected chi connectivity index (χ0v) is 10.3. The van der Waals surface area contributed by atoms with Crippen LogP contribution >= 0.6 is 0 Å². The van der Waals surface area contributed by atoms with Gasteiger partial charge < -0.3 is 20.8 Å². The first-order valence-corrected chi connectivity index (χ1v) is 5.21. The summed E-state index contributed by atoms with van der Waals surface area (Å²) in [6.45, 7) is 0.351. The van der Waals surface area contributed by atoms with Crippen molar-refractivity contribution >= 4 is 11.9 Å². The minimum atomic E-state index is -0.222. The minimum Gasteiger partial charge on any atom is -0.504 e. The van der Waals surface area contributed by atoms with Gasteiger partial charge in [0.1, 0.15) is 0 Å². The molecule has 0 spiro atoms. The number of nitrogens with two attached hydrogens (primary N) is 1. The molecule has 0 radical (unpaired) electrons. The van der Waals surface area contributed by atoms with Crippen molar-refractivity contribution in [1.82, 2.24) is 9.80 Å². The molecule has 0 atom stereocenters. The maximum absolute atomic E-state index is 9.36. The van der Waals surface area contributed by atoms with E-state index in [1.807, 2.05) is 0 Å². The summed E-state index contributed by atoms with van der Waals surface area (Å²) in [5, 5.41) is 33.6. The lowest BCUT2D eigenvalue weighted by Gasteiger charge is -2.26. The van der Waals surface area contributed by atoms with Gasteiger partial charge in [0.15, 0.2) is 23.4 Å². The van der Waals surface area contributed by atoms with Crippen molar-refractivity contribution in [2.24, 2.45) is 5.73 Å². The van der Waals surface area contributed by atoms with Crippen LogP contribution in [0, 0.1) is 10.8 Å². The highest BCUT2D eigenvalue weighted by atomic mass is 16.3. The van der Waals surface area contributed by atoms with Crippen LogP contribution < -0.4 is 5.73 Å². The van der Waals surface area contributed by atoms with Gasteiger partial charge in [-0.15, -0.1) is 0 Å². The van der Waals surface area contributed by atoms with E-state index < -0.39 is 0 Å². The van der Waals surface area contributed by atoms with E-state index in [-0.39, 0.29) is 23.4 Å². The second-order valence-electron chi connectivity index (χ2n) is 3.95. The normalized spacial score (nSPS) is 9.89. The lowest BCUT2D eigenvalue weighted by Crippen LogP contribution is -2.45. The van der Waals surface area contributed by atoms with Crippen LogP contribution in [0.15, 0.2) is 18.2 Å². The SMILES string of the molecule is CN(Cc1ccc(O)c(O)c1)C(=N)N(C)C(=N)N. The smallest absolute Gasteiger partial charge is 0.200 e. The highest BCUT2D eigenvalue weighted by Gasteiger charge is 2.13. The van der Waals surface area contributed by atoms with Gasteiger partial charge >= 0.3 is 0 Å². The summed E-state index contributed by atoms with van der Waals surface area (Å²) in [6, 6.07) is 4.45. The Hall–Kier alpha value is -2.44. The third-order valence-electron chi connectivity index (χ3n) is 2.50. The molecule has 0 saturated heterocycles. The molecule has 0 unspecified atom stereocenters. The van der Waals surface area contributed by atoms with Crippen LogP contribution in [-0.4, -0.2) is 46.0 Å². The molecular formula is C11H17N5O2. The zero-order valence-electron chi connectivity index (χ0n) is 10.3. The number of guanidine groups is 2. The summed E-state index contributed by atoms with van der Waals surface area (Å²) in [6.07, 6.45) is 0.